The van der Waals surface area contributed by atoms with Crippen LogP contribution in [0.2, 0.25) is 0 Å². The van der Waals surface area contributed by atoms with Gasteiger partial charge in [-0.2, -0.15) is 0 Å². The first kappa shape index (κ1) is 22.7. The van der Waals surface area contributed by atoms with E-state index in [1.165, 1.54) is 18.0 Å². The minimum Gasteiger partial charge on any atom is -0.494 e. The number of carboxylic acid groups (broad SMARTS) is 1. The molecule has 2 N–H and O–H groups in total. The molecule has 9 heteroatoms. The standard InChI is InChI=1S/C23H24N4O5/c1-13-6-7-14(9-19(13)27-11-18(22(30)31)25-26-27)21(29)24-17-10-16(23(2,3)4)8-15(12-28)20(17)32-5/h6-12H,1-5H3,(H,24,29)(H,30,31). The predicted molar refractivity (Wildman–Crippen MR) is 118 cm³/mol. The number of carbonyl (C=O) groups excluding carboxylic acids is 2. The highest BCUT2D eigenvalue weighted by atomic mass is 16.5. The first-order valence-corrected chi connectivity index (χ1v) is 9.81. The molecule has 0 fully saturated rings. The zero-order valence-electron chi connectivity index (χ0n) is 18.5. The molecule has 9 nitrogen and oxygen atoms in total. The van der Waals surface area contributed by atoms with E-state index in [9.17, 15) is 14.4 Å². The molecule has 2 aromatic carbocycles. The fourth-order valence-corrected chi connectivity index (χ4v) is 3.16. The number of methoxy groups -OCH3 is 1. The number of aldehydes is 1. The van der Waals surface area contributed by atoms with Crippen molar-refractivity contribution < 1.29 is 24.2 Å². The van der Waals surface area contributed by atoms with Crippen molar-refractivity contribution in [3.05, 3.63) is 64.5 Å². The maximum atomic E-state index is 13.1. The largest absolute Gasteiger partial charge is 0.494 e. The molecule has 0 saturated carbocycles. The molecule has 32 heavy (non-hydrogen) atoms. The summed E-state index contributed by atoms with van der Waals surface area (Å²) in [6, 6.07) is 8.49. The van der Waals surface area contributed by atoms with E-state index in [4.69, 9.17) is 9.84 Å². The first-order chi connectivity index (χ1) is 15.0. The molecule has 0 aliphatic carbocycles. The Morgan fingerprint density at radius 3 is 2.47 bits per heavy atom. The van der Waals surface area contributed by atoms with Gasteiger partial charge in [0.25, 0.3) is 5.91 Å². The van der Waals surface area contributed by atoms with Crippen molar-refractivity contribution in [1.29, 1.82) is 0 Å². The summed E-state index contributed by atoms with van der Waals surface area (Å²) in [5.41, 5.74) is 2.73. The normalized spacial score (nSPS) is 11.2. The van der Waals surface area contributed by atoms with Crippen LogP contribution in [0.25, 0.3) is 5.69 Å². The molecule has 3 aromatic rings. The summed E-state index contributed by atoms with van der Waals surface area (Å²) in [6.45, 7) is 7.82. The van der Waals surface area contributed by atoms with Crippen LogP contribution in [-0.2, 0) is 5.41 Å². The van der Waals surface area contributed by atoms with E-state index >= 15 is 0 Å². The molecule has 0 aliphatic rings. The maximum Gasteiger partial charge on any atom is 0.358 e. The number of aryl methyl sites for hydroxylation is 1. The Hall–Kier alpha value is -4.01. The average Bonchev–Trinajstić information content (AvgIpc) is 3.23. The van der Waals surface area contributed by atoms with Gasteiger partial charge in [0.2, 0.25) is 0 Å². The smallest absolute Gasteiger partial charge is 0.358 e. The van der Waals surface area contributed by atoms with Gasteiger partial charge < -0.3 is 15.2 Å². The lowest BCUT2D eigenvalue weighted by Gasteiger charge is -2.22. The van der Waals surface area contributed by atoms with Crippen LogP contribution in [0.15, 0.2) is 36.5 Å². The number of ether oxygens (including phenoxy) is 1. The number of rotatable bonds is 6. The van der Waals surface area contributed by atoms with Gasteiger partial charge in [0.05, 0.1) is 30.2 Å². The molecule has 3 rings (SSSR count). The van der Waals surface area contributed by atoms with Crippen LogP contribution in [0.4, 0.5) is 5.69 Å². The van der Waals surface area contributed by atoms with E-state index in [0.29, 0.717) is 28.8 Å². The minimum absolute atomic E-state index is 0.204. The lowest BCUT2D eigenvalue weighted by Crippen LogP contribution is -2.17. The topological polar surface area (TPSA) is 123 Å². The highest BCUT2D eigenvalue weighted by Crippen LogP contribution is 2.35. The van der Waals surface area contributed by atoms with Crippen LogP contribution in [-0.4, -0.2) is 45.4 Å². The van der Waals surface area contributed by atoms with E-state index in [-0.39, 0.29) is 16.9 Å². The van der Waals surface area contributed by atoms with Crippen molar-refractivity contribution in [1.82, 2.24) is 15.0 Å². The molecule has 1 heterocycles. The second-order valence-corrected chi connectivity index (χ2v) is 8.32. The summed E-state index contributed by atoms with van der Waals surface area (Å²) in [5.74, 6) is -1.35. The number of anilines is 1. The molecule has 166 valence electrons. The first-order valence-electron chi connectivity index (χ1n) is 9.81. The van der Waals surface area contributed by atoms with Crippen molar-refractivity contribution in [3.63, 3.8) is 0 Å². The molecular formula is C23H24N4O5. The Kier molecular flexibility index (Phi) is 6.11. The van der Waals surface area contributed by atoms with Gasteiger partial charge in [0.1, 0.15) is 0 Å². The van der Waals surface area contributed by atoms with E-state index in [1.54, 1.807) is 30.3 Å². The van der Waals surface area contributed by atoms with Crippen molar-refractivity contribution >= 4 is 23.9 Å². The predicted octanol–water partition coefficient (Wildman–Crippen LogP) is 3.64. The van der Waals surface area contributed by atoms with Gasteiger partial charge in [-0.25, -0.2) is 9.48 Å². The monoisotopic (exact) mass is 436 g/mol. The number of hydrogen-bond acceptors (Lipinski definition) is 6. The van der Waals surface area contributed by atoms with Crippen molar-refractivity contribution in [2.75, 3.05) is 12.4 Å². The number of nitrogens with one attached hydrogen (secondary N) is 1. The third kappa shape index (κ3) is 4.51. The second kappa shape index (κ2) is 8.62. The van der Waals surface area contributed by atoms with Crippen LogP contribution >= 0.6 is 0 Å². The fraction of sp³-hybridized carbons (Fsp3) is 0.261. The van der Waals surface area contributed by atoms with Gasteiger partial charge >= 0.3 is 5.97 Å². The summed E-state index contributed by atoms with van der Waals surface area (Å²) in [4.78, 5) is 35.8. The molecule has 1 aromatic heterocycles. The molecule has 0 unspecified atom stereocenters. The Morgan fingerprint density at radius 1 is 1.19 bits per heavy atom. The number of carboxylic acids is 1. The number of amides is 1. The molecule has 0 atom stereocenters. The van der Waals surface area contributed by atoms with E-state index in [2.05, 4.69) is 15.6 Å². The molecular weight excluding hydrogens is 412 g/mol. The summed E-state index contributed by atoms with van der Waals surface area (Å²) < 4.78 is 6.69. The highest BCUT2D eigenvalue weighted by molar-refractivity contribution is 6.06. The number of carbonyl (C=O) groups is 3. The summed E-state index contributed by atoms with van der Waals surface area (Å²) in [6.07, 6.45) is 1.97. The van der Waals surface area contributed by atoms with Crippen molar-refractivity contribution in [2.24, 2.45) is 0 Å². The second-order valence-electron chi connectivity index (χ2n) is 8.32. The third-order valence-corrected chi connectivity index (χ3v) is 4.99. The number of benzene rings is 2. The van der Waals surface area contributed by atoms with Gasteiger partial charge in [0.15, 0.2) is 17.7 Å². The molecule has 0 bridgehead atoms. The maximum absolute atomic E-state index is 13.1. The average molecular weight is 436 g/mol. The number of nitrogens with zero attached hydrogens (tertiary/aromatic N) is 3. The quantitative estimate of drug-likeness (QED) is 0.565. The van der Waals surface area contributed by atoms with Crippen LogP contribution in [0.5, 0.6) is 5.75 Å². The van der Waals surface area contributed by atoms with Crippen LogP contribution in [0, 0.1) is 6.92 Å². The summed E-state index contributed by atoms with van der Waals surface area (Å²) in [7, 11) is 1.43. The van der Waals surface area contributed by atoms with Gasteiger partial charge in [-0.05, 0) is 47.7 Å². The SMILES string of the molecule is COc1c(C=O)cc(C(C)(C)C)cc1NC(=O)c1ccc(C)c(-n2cc(C(=O)O)nn2)c1. The van der Waals surface area contributed by atoms with Crippen LogP contribution in [0.1, 0.15) is 63.1 Å². The summed E-state index contributed by atoms with van der Waals surface area (Å²) >= 11 is 0. The van der Waals surface area contributed by atoms with E-state index < -0.39 is 11.9 Å². The Balaban J connectivity index is 2.00. The molecule has 0 radical (unpaired) electrons. The lowest BCUT2D eigenvalue weighted by molar-refractivity contribution is 0.0690. The van der Waals surface area contributed by atoms with Crippen LogP contribution in [0.3, 0.4) is 0 Å². The minimum atomic E-state index is -1.19. The zero-order chi connectivity index (χ0) is 23.6. The zero-order valence-corrected chi connectivity index (χ0v) is 18.5. The molecule has 0 spiro atoms. The number of aromatic carboxylic acids is 1. The Labute approximate surface area is 185 Å². The Bertz CT molecular complexity index is 1210. The van der Waals surface area contributed by atoms with Gasteiger partial charge in [-0.3, -0.25) is 9.59 Å². The van der Waals surface area contributed by atoms with Gasteiger partial charge in [-0.1, -0.05) is 32.1 Å². The highest BCUT2D eigenvalue weighted by Gasteiger charge is 2.21. The van der Waals surface area contributed by atoms with Gasteiger partial charge in [0, 0.05) is 5.56 Å². The van der Waals surface area contributed by atoms with Gasteiger partial charge in [-0.15, -0.1) is 5.10 Å². The van der Waals surface area contributed by atoms with Crippen molar-refractivity contribution in [3.8, 4) is 11.4 Å². The van der Waals surface area contributed by atoms with E-state index in [0.717, 1.165) is 11.1 Å². The van der Waals surface area contributed by atoms with E-state index in [1.807, 2.05) is 27.7 Å². The molecule has 0 aliphatic heterocycles. The number of hydrogen-bond donors (Lipinski definition) is 2. The third-order valence-electron chi connectivity index (χ3n) is 4.99. The lowest BCUT2D eigenvalue weighted by atomic mass is 9.85. The molecule has 0 saturated heterocycles. The van der Waals surface area contributed by atoms with Crippen molar-refractivity contribution in [2.45, 2.75) is 33.1 Å². The fourth-order valence-electron chi connectivity index (χ4n) is 3.16. The molecule has 1 amide bonds. The van der Waals surface area contributed by atoms with Crippen LogP contribution < -0.4 is 10.1 Å². The summed E-state index contributed by atoms with van der Waals surface area (Å²) in [5, 5.41) is 19.4. The Morgan fingerprint density at radius 2 is 1.91 bits per heavy atom. The number of aromatic nitrogens is 3.